The average Bonchev–Trinajstić information content (AvgIpc) is 3.85. The van der Waals surface area contributed by atoms with E-state index in [1.165, 1.54) is 47.9 Å². The fourth-order valence-electron chi connectivity index (χ4n) is 5.82. The van der Waals surface area contributed by atoms with Gasteiger partial charge in [-0.1, -0.05) is 94.8 Å². The number of non-ortho nitro benzene ring substituents is 1. The number of carbonyl (C=O) groups excluding carboxylic acids is 4. The van der Waals surface area contributed by atoms with Crippen LogP contribution in [0.5, 0.6) is 0 Å². The maximum atomic E-state index is 13.0. The number of epoxide rings is 1. The first kappa shape index (κ1) is 34.6. The van der Waals surface area contributed by atoms with Crippen LogP contribution in [0.3, 0.4) is 0 Å². The number of amides is 2. The fourth-order valence-corrected chi connectivity index (χ4v) is 7.96. The molecule has 0 aromatic heterocycles. The molecule has 13 heteroatoms. The molecule has 4 aromatic rings. The molecule has 0 radical (unpaired) electrons. The Bertz CT molecular complexity index is 1900. The molecule has 3 heterocycles. The van der Waals surface area contributed by atoms with E-state index in [1.54, 1.807) is 35.4 Å². The number of alkyl halides is 1. The zero-order valence-corrected chi connectivity index (χ0v) is 29.0. The number of para-hydroxylation sites is 1. The lowest BCUT2D eigenvalue weighted by Gasteiger charge is -2.52. The highest BCUT2D eigenvalue weighted by Gasteiger charge is 2.61. The van der Waals surface area contributed by atoms with Gasteiger partial charge in [-0.15, -0.1) is 11.8 Å². The smallest absolute Gasteiger partial charge is 0.362 e. The van der Waals surface area contributed by atoms with Crippen molar-refractivity contribution in [2.45, 2.75) is 35.8 Å². The van der Waals surface area contributed by atoms with E-state index < -0.39 is 33.2 Å². The third kappa shape index (κ3) is 6.78. The maximum Gasteiger partial charge on any atom is 0.362 e. The molecule has 50 heavy (non-hydrogen) atoms. The fraction of sp³-hybridized carbons (Fsp3) is 0.189. The van der Waals surface area contributed by atoms with Crippen LogP contribution in [0.1, 0.15) is 23.6 Å². The molecule has 11 nitrogen and oxygen atoms in total. The molecule has 2 saturated heterocycles. The summed E-state index contributed by atoms with van der Waals surface area (Å²) in [5.41, 5.74) is 2.81. The number of nitrogens with zero attached hydrogens (tertiary/aromatic N) is 3. The SMILES string of the molecule is CC(=O)N(c1ccccc1)C1C(=O)N2C=C(CBr)C(C(=O)OCc3ccc([N+](=O)[O-])cc3)S[C@H]12.O=C1OC1(c1ccccc1)c1ccccc1. The van der Waals surface area contributed by atoms with Gasteiger partial charge in [-0.05, 0) is 35.4 Å². The number of esters is 1. The molecule has 2 unspecified atom stereocenters. The van der Waals surface area contributed by atoms with Crippen LogP contribution in [0.2, 0.25) is 0 Å². The van der Waals surface area contributed by atoms with Gasteiger partial charge in [0, 0.05) is 47.4 Å². The second-order valence-corrected chi connectivity index (χ2v) is 13.3. The number of rotatable bonds is 9. The number of thioether (sulfide) groups is 1. The molecule has 0 N–H and O–H groups in total. The lowest BCUT2D eigenvalue weighted by atomic mass is 9.91. The van der Waals surface area contributed by atoms with Crippen LogP contribution in [-0.4, -0.2) is 55.6 Å². The molecular formula is C37H30BrN3O8S. The minimum atomic E-state index is -0.845. The van der Waals surface area contributed by atoms with E-state index in [0.717, 1.165) is 11.1 Å². The highest BCUT2D eigenvalue weighted by atomic mass is 79.9. The monoisotopic (exact) mass is 755 g/mol. The van der Waals surface area contributed by atoms with Crippen molar-refractivity contribution in [1.82, 2.24) is 4.90 Å². The van der Waals surface area contributed by atoms with Gasteiger partial charge in [-0.3, -0.25) is 29.4 Å². The van der Waals surface area contributed by atoms with Crippen molar-refractivity contribution in [3.63, 3.8) is 0 Å². The van der Waals surface area contributed by atoms with Crippen molar-refractivity contribution in [1.29, 1.82) is 0 Å². The van der Waals surface area contributed by atoms with Crippen molar-refractivity contribution < 1.29 is 33.6 Å². The molecule has 0 spiro atoms. The lowest BCUT2D eigenvalue weighted by molar-refractivity contribution is -0.384. The summed E-state index contributed by atoms with van der Waals surface area (Å²) in [7, 11) is 0. The molecule has 0 bridgehead atoms. The molecule has 2 amide bonds. The van der Waals surface area contributed by atoms with E-state index in [1.807, 2.05) is 66.7 Å². The number of ether oxygens (including phenoxy) is 2. The first-order valence-electron chi connectivity index (χ1n) is 15.5. The summed E-state index contributed by atoms with van der Waals surface area (Å²) in [4.78, 5) is 63.2. The van der Waals surface area contributed by atoms with Crippen LogP contribution >= 0.6 is 27.7 Å². The van der Waals surface area contributed by atoms with Crippen molar-refractivity contribution in [3.8, 4) is 0 Å². The molecule has 254 valence electrons. The average molecular weight is 757 g/mol. The number of benzene rings is 4. The van der Waals surface area contributed by atoms with E-state index in [-0.39, 0.29) is 30.1 Å². The van der Waals surface area contributed by atoms with Gasteiger partial charge in [-0.25, -0.2) is 4.79 Å². The van der Waals surface area contributed by atoms with Crippen molar-refractivity contribution in [2.75, 3.05) is 10.2 Å². The Labute approximate surface area is 300 Å². The summed E-state index contributed by atoms with van der Waals surface area (Å²) in [6, 6.07) is 33.1. The van der Waals surface area contributed by atoms with Gasteiger partial charge in [0.05, 0.1) is 4.92 Å². The largest absolute Gasteiger partial charge is 0.460 e. The summed E-state index contributed by atoms with van der Waals surface area (Å²) in [5, 5.41) is 10.1. The third-order valence-corrected chi connectivity index (χ3v) is 10.5. The molecule has 2 fully saturated rings. The number of fused-ring (bicyclic) bond motifs is 1. The summed E-state index contributed by atoms with van der Waals surface area (Å²) in [6.45, 7) is 1.37. The van der Waals surface area contributed by atoms with Crippen LogP contribution in [0, 0.1) is 10.1 Å². The molecule has 0 saturated carbocycles. The van der Waals surface area contributed by atoms with Gasteiger partial charge in [0.2, 0.25) is 5.91 Å². The van der Waals surface area contributed by atoms with Crippen LogP contribution in [-0.2, 0) is 40.9 Å². The van der Waals surface area contributed by atoms with Gasteiger partial charge in [0.25, 0.3) is 17.2 Å². The minimum Gasteiger partial charge on any atom is -0.460 e. The Balaban J connectivity index is 0.000000223. The van der Waals surface area contributed by atoms with E-state index in [4.69, 9.17) is 9.47 Å². The number of carbonyl (C=O) groups is 4. The van der Waals surface area contributed by atoms with Crippen LogP contribution in [0.25, 0.3) is 0 Å². The summed E-state index contributed by atoms with van der Waals surface area (Å²) in [5.74, 6) is -1.14. The van der Waals surface area contributed by atoms with Crippen LogP contribution in [0.4, 0.5) is 11.4 Å². The maximum absolute atomic E-state index is 13.0. The van der Waals surface area contributed by atoms with E-state index in [2.05, 4.69) is 15.9 Å². The zero-order valence-electron chi connectivity index (χ0n) is 26.6. The summed E-state index contributed by atoms with van der Waals surface area (Å²) >= 11 is 4.64. The number of nitro groups is 1. The van der Waals surface area contributed by atoms with Crippen molar-refractivity contribution >= 4 is 62.8 Å². The summed E-state index contributed by atoms with van der Waals surface area (Å²) in [6.07, 6.45) is 1.65. The quantitative estimate of drug-likeness (QED) is 0.0495. The predicted molar refractivity (Wildman–Crippen MR) is 190 cm³/mol. The number of β-lactam (4-membered cyclic amide) rings is 1. The van der Waals surface area contributed by atoms with E-state index >= 15 is 0 Å². The topological polar surface area (TPSA) is 140 Å². The Morgan fingerprint density at radius 1 is 0.920 bits per heavy atom. The molecule has 3 aliphatic rings. The van der Waals surface area contributed by atoms with Gasteiger partial charge in [0.1, 0.15) is 23.3 Å². The molecular weight excluding hydrogens is 726 g/mol. The minimum absolute atomic E-state index is 0.0379. The highest BCUT2D eigenvalue weighted by Crippen LogP contribution is 2.46. The van der Waals surface area contributed by atoms with Gasteiger partial charge >= 0.3 is 11.9 Å². The molecule has 4 aromatic carbocycles. The number of cyclic esters (lactones) is 1. The first-order valence-corrected chi connectivity index (χ1v) is 17.6. The molecule has 3 atom stereocenters. The number of halogens is 1. The first-order chi connectivity index (χ1) is 24.1. The number of hydrogen-bond acceptors (Lipinski definition) is 9. The Morgan fingerprint density at radius 2 is 1.46 bits per heavy atom. The van der Waals surface area contributed by atoms with Gasteiger partial charge < -0.3 is 14.4 Å². The number of anilines is 1. The third-order valence-electron chi connectivity index (χ3n) is 8.37. The van der Waals surface area contributed by atoms with Crippen molar-refractivity contribution in [3.05, 3.63) is 154 Å². The standard InChI is InChI=1S/C23H20BrN3O6S.C14H10O2/c1-14(28)26(17-5-3-2-4-6-17)19-21(29)25-12-16(11-24)20(34-22(19)25)23(30)33-13-15-7-9-18(10-8-15)27(31)32;15-13-14(16-13,11-7-3-1-4-8-11)12-9-5-2-6-10-12/h2-10,12,19-20,22H,11,13H2,1H3;1-10H/t19?,20?,22-;/m1./s1. The number of hydrogen-bond donors (Lipinski definition) is 0. The van der Waals surface area contributed by atoms with Gasteiger partial charge in [0.15, 0.2) is 0 Å². The molecule has 7 rings (SSSR count). The van der Waals surface area contributed by atoms with Crippen LogP contribution in [0.15, 0.2) is 127 Å². The highest BCUT2D eigenvalue weighted by molar-refractivity contribution is 9.09. The summed E-state index contributed by atoms with van der Waals surface area (Å²) < 4.78 is 10.7. The van der Waals surface area contributed by atoms with Crippen molar-refractivity contribution in [2.24, 2.45) is 0 Å². The number of nitro benzene ring substituents is 1. The zero-order chi connectivity index (χ0) is 35.4. The van der Waals surface area contributed by atoms with Gasteiger partial charge in [-0.2, -0.15) is 0 Å². The predicted octanol–water partition coefficient (Wildman–Crippen LogP) is 6.11. The molecule has 3 aliphatic heterocycles. The Hall–Kier alpha value is -5.27. The van der Waals surface area contributed by atoms with Crippen LogP contribution < -0.4 is 4.90 Å². The van der Waals surface area contributed by atoms with E-state index in [0.29, 0.717) is 22.2 Å². The van der Waals surface area contributed by atoms with E-state index in [9.17, 15) is 29.3 Å². The normalized spacial score (nSPS) is 19.7. The lowest BCUT2D eigenvalue weighted by Crippen LogP contribution is -2.70. The Kier molecular flexibility index (Phi) is 10.2. The Morgan fingerprint density at radius 3 is 1.94 bits per heavy atom. The second-order valence-electron chi connectivity index (χ2n) is 11.5. The molecule has 0 aliphatic carbocycles. The second kappa shape index (κ2) is 14.7.